The highest BCUT2D eigenvalue weighted by molar-refractivity contribution is 7.18. The second kappa shape index (κ2) is 4.58. The van der Waals surface area contributed by atoms with E-state index in [0.29, 0.717) is 29.0 Å². The number of nitro groups is 1. The lowest BCUT2D eigenvalue weighted by molar-refractivity contribution is -0.380. The minimum atomic E-state index is -0.454. The molecule has 0 saturated heterocycles. The molecule has 2 aromatic heterocycles. The van der Waals surface area contributed by atoms with E-state index in [1.165, 1.54) is 6.07 Å². The van der Waals surface area contributed by atoms with Gasteiger partial charge in [-0.05, 0) is 6.07 Å². The van der Waals surface area contributed by atoms with Gasteiger partial charge in [-0.15, -0.1) is 21.8 Å². The highest BCUT2D eigenvalue weighted by Gasteiger charge is 2.15. The normalized spacial score (nSPS) is 10.6. The van der Waals surface area contributed by atoms with Gasteiger partial charge in [-0.1, -0.05) is 11.3 Å². The first-order chi connectivity index (χ1) is 7.70. The summed E-state index contributed by atoms with van der Waals surface area (Å²) in [6.45, 7) is 0. The van der Waals surface area contributed by atoms with E-state index in [0.717, 1.165) is 11.3 Å². The maximum Gasteiger partial charge on any atom is 0.324 e. The molecule has 16 heavy (non-hydrogen) atoms. The molecule has 6 nitrogen and oxygen atoms in total. The molecule has 0 bridgehead atoms. The number of aromatic nitrogens is 2. The summed E-state index contributed by atoms with van der Waals surface area (Å²) in [5, 5.41) is 18.1. The zero-order valence-electron chi connectivity index (χ0n) is 7.92. The summed E-state index contributed by atoms with van der Waals surface area (Å²) in [4.78, 5) is 10.6. The molecule has 0 unspecified atom stereocenters. The molecule has 84 valence electrons. The maximum absolute atomic E-state index is 10.5. The van der Waals surface area contributed by atoms with Crippen molar-refractivity contribution in [1.82, 2.24) is 10.2 Å². The van der Waals surface area contributed by atoms with E-state index in [1.54, 1.807) is 6.07 Å². The molecular weight excluding hydrogens is 254 g/mol. The Bertz CT molecular complexity index is 510. The Balaban J connectivity index is 2.24. The van der Waals surface area contributed by atoms with Crippen LogP contribution in [0.1, 0.15) is 5.89 Å². The zero-order valence-corrected chi connectivity index (χ0v) is 9.49. The summed E-state index contributed by atoms with van der Waals surface area (Å²) in [5.74, 6) is 1.12. The van der Waals surface area contributed by atoms with Crippen LogP contribution in [0.15, 0.2) is 16.5 Å². The number of rotatable bonds is 4. The summed E-state index contributed by atoms with van der Waals surface area (Å²) in [5.41, 5.74) is 0. The highest BCUT2D eigenvalue weighted by atomic mass is 35.5. The fraction of sp³-hybridized carbons (Fsp3) is 0.250. The Labute approximate surface area is 99.0 Å². The van der Waals surface area contributed by atoms with Gasteiger partial charge in [0.2, 0.25) is 5.89 Å². The summed E-state index contributed by atoms with van der Waals surface area (Å²) in [7, 11) is 0. The van der Waals surface area contributed by atoms with Crippen LogP contribution in [0.4, 0.5) is 5.00 Å². The van der Waals surface area contributed by atoms with Crippen molar-refractivity contribution in [3.63, 3.8) is 0 Å². The predicted molar refractivity (Wildman–Crippen MR) is 58.7 cm³/mol. The van der Waals surface area contributed by atoms with E-state index in [4.69, 9.17) is 16.0 Å². The van der Waals surface area contributed by atoms with Crippen LogP contribution in [0, 0.1) is 10.1 Å². The minimum Gasteiger partial charge on any atom is -0.420 e. The molecule has 0 N–H and O–H groups in total. The quantitative estimate of drug-likeness (QED) is 0.479. The van der Waals surface area contributed by atoms with Crippen molar-refractivity contribution in [1.29, 1.82) is 0 Å². The Kier molecular flexibility index (Phi) is 3.16. The molecule has 0 atom stereocenters. The van der Waals surface area contributed by atoms with Gasteiger partial charge in [-0.2, -0.15) is 0 Å². The standard InChI is InChI=1S/C8H6ClN3O3S/c9-4-3-6-10-11-8(15-6)5-1-2-7(16-5)12(13)14/h1-2H,3-4H2. The van der Waals surface area contributed by atoms with Crippen LogP contribution in [-0.2, 0) is 6.42 Å². The first-order valence-corrected chi connectivity index (χ1v) is 5.68. The van der Waals surface area contributed by atoms with Crippen molar-refractivity contribution in [2.45, 2.75) is 6.42 Å². The highest BCUT2D eigenvalue weighted by Crippen LogP contribution is 2.31. The lowest BCUT2D eigenvalue weighted by Gasteiger charge is -1.86. The van der Waals surface area contributed by atoms with Crippen molar-refractivity contribution >= 4 is 27.9 Å². The Morgan fingerprint density at radius 3 is 2.94 bits per heavy atom. The van der Waals surface area contributed by atoms with Crippen LogP contribution in [0.5, 0.6) is 0 Å². The first kappa shape index (κ1) is 11.0. The van der Waals surface area contributed by atoms with Gasteiger partial charge < -0.3 is 4.42 Å². The second-order valence-corrected chi connectivity index (χ2v) is 4.28. The van der Waals surface area contributed by atoms with Crippen LogP contribution < -0.4 is 0 Å². The molecule has 0 aliphatic rings. The third-order valence-corrected chi connectivity index (χ3v) is 2.97. The summed E-state index contributed by atoms with van der Waals surface area (Å²) in [6, 6.07) is 2.99. The smallest absolute Gasteiger partial charge is 0.324 e. The van der Waals surface area contributed by atoms with Gasteiger partial charge in [0, 0.05) is 18.4 Å². The SMILES string of the molecule is O=[N+]([O-])c1ccc(-c2nnc(CCCl)o2)s1. The second-order valence-electron chi connectivity index (χ2n) is 2.83. The van der Waals surface area contributed by atoms with E-state index in [-0.39, 0.29) is 5.00 Å². The number of halogens is 1. The number of hydrogen-bond acceptors (Lipinski definition) is 6. The third kappa shape index (κ3) is 2.20. The molecular formula is C8H6ClN3O3S. The van der Waals surface area contributed by atoms with Crippen molar-refractivity contribution in [2.75, 3.05) is 5.88 Å². The van der Waals surface area contributed by atoms with Crippen molar-refractivity contribution in [3.8, 4) is 10.8 Å². The van der Waals surface area contributed by atoms with E-state index in [2.05, 4.69) is 10.2 Å². The number of aryl methyl sites for hydroxylation is 1. The molecule has 8 heteroatoms. The van der Waals surface area contributed by atoms with Gasteiger partial charge in [0.25, 0.3) is 5.89 Å². The fourth-order valence-electron chi connectivity index (χ4n) is 1.08. The van der Waals surface area contributed by atoms with E-state index < -0.39 is 4.92 Å². The monoisotopic (exact) mass is 259 g/mol. The number of hydrogen-bond donors (Lipinski definition) is 0. The topological polar surface area (TPSA) is 82.1 Å². The van der Waals surface area contributed by atoms with Crippen molar-refractivity contribution in [3.05, 3.63) is 28.1 Å². The molecule has 0 saturated carbocycles. The number of alkyl halides is 1. The molecule has 2 heterocycles. The maximum atomic E-state index is 10.5. The van der Waals surface area contributed by atoms with Crippen LogP contribution in [-0.4, -0.2) is 21.0 Å². The van der Waals surface area contributed by atoms with Gasteiger partial charge >= 0.3 is 5.00 Å². The molecule has 0 aliphatic carbocycles. The van der Waals surface area contributed by atoms with Gasteiger partial charge in [0.15, 0.2) is 0 Å². The predicted octanol–water partition coefficient (Wildman–Crippen LogP) is 2.49. The molecule has 0 aliphatic heterocycles. The van der Waals surface area contributed by atoms with Gasteiger partial charge in [0.1, 0.15) is 0 Å². The van der Waals surface area contributed by atoms with Crippen molar-refractivity contribution in [2.24, 2.45) is 0 Å². The Hall–Kier alpha value is -1.47. The number of nitrogens with zero attached hydrogens (tertiary/aromatic N) is 3. The Morgan fingerprint density at radius 1 is 1.50 bits per heavy atom. The molecule has 0 radical (unpaired) electrons. The number of thiophene rings is 1. The lowest BCUT2D eigenvalue weighted by atomic mass is 10.4. The molecule has 0 amide bonds. The lowest BCUT2D eigenvalue weighted by Crippen LogP contribution is -1.84. The van der Waals surface area contributed by atoms with E-state index >= 15 is 0 Å². The largest absolute Gasteiger partial charge is 0.420 e. The molecule has 2 rings (SSSR count). The zero-order chi connectivity index (χ0) is 11.5. The molecule has 0 spiro atoms. The Morgan fingerprint density at radius 2 is 2.31 bits per heavy atom. The minimum absolute atomic E-state index is 0.0482. The summed E-state index contributed by atoms with van der Waals surface area (Å²) in [6.07, 6.45) is 0.488. The van der Waals surface area contributed by atoms with E-state index in [9.17, 15) is 10.1 Å². The first-order valence-electron chi connectivity index (χ1n) is 4.33. The van der Waals surface area contributed by atoms with Gasteiger partial charge in [-0.25, -0.2) is 0 Å². The summed E-state index contributed by atoms with van der Waals surface area (Å²) >= 11 is 6.52. The van der Waals surface area contributed by atoms with Crippen molar-refractivity contribution < 1.29 is 9.34 Å². The average molecular weight is 260 g/mol. The molecule has 0 aromatic carbocycles. The van der Waals surface area contributed by atoms with Crippen LogP contribution in [0.25, 0.3) is 10.8 Å². The van der Waals surface area contributed by atoms with Gasteiger partial charge in [-0.3, -0.25) is 10.1 Å². The van der Waals surface area contributed by atoms with E-state index in [1.807, 2.05) is 0 Å². The average Bonchev–Trinajstić information content (AvgIpc) is 2.84. The van der Waals surface area contributed by atoms with Crippen LogP contribution in [0.2, 0.25) is 0 Å². The third-order valence-electron chi connectivity index (χ3n) is 1.76. The van der Waals surface area contributed by atoms with Gasteiger partial charge in [0.05, 0.1) is 9.80 Å². The van der Waals surface area contributed by atoms with Crippen LogP contribution >= 0.6 is 22.9 Å². The van der Waals surface area contributed by atoms with Crippen LogP contribution in [0.3, 0.4) is 0 Å². The summed E-state index contributed by atoms with van der Waals surface area (Å²) < 4.78 is 5.28. The fourth-order valence-corrected chi connectivity index (χ4v) is 1.98. The molecule has 2 aromatic rings. The molecule has 0 fully saturated rings.